The Bertz CT molecular complexity index is 498. The van der Waals surface area contributed by atoms with Gasteiger partial charge in [-0.3, -0.25) is 9.78 Å². The lowest BCUT2D eigenvalue weighted by Gasteiger charge is -2.33. The predicted octanol–water partition coefficient (Wildman–Crippen LogP) is 4.50. The number of hydrogen-bond acceptors (Lipinski definition) is 2. The van der Waals surface area contributed by atoms with Crippen molar-refractivity contribution in [3.05, 3.63) is 29.6 Å². The Morgan fingerprint density at radius 3 is 2.45 bits per heavy atom. The lowest BCUT2D eigenvalue weighted by molar-refractivity contribution is -0.138. The van der Waals surface area contributed by atoms with Crippen LogP contribution in [0.4, 0.5) is 13.2 Å². The van der Waals surface area contributed by atoms with Gasteiger partial charge in [-0.05, 0) is 37.2 Å². The van der Waals surface area contributed by atoms with Crippen LogP contribution in [0.3, 0.4) is 0 Å². The second-order valence-corrected chi connectivity index (χ2v) is 6.22. The maximum atomic E-state index is 12.9. The normalized spacial score (nSPS) is 19.9. The molecule has 0 amide bonds. The zero-order valence-electron chi connectivity index (χ0n) is 11.6. The fourth-order valence-corrected chi connectivity index (χ4v) is 2.72. The number of nitrogens with zero attached hydrogens (tertiary/aromatic N) is 1. The molecular formula is C15H18F3NO. The van der Waals surface area contributed by atoms with Gasteiger partial charge in [0.05, 0.1) is 5.56 Å². The number of hydrogen-bond donors (Lipinski definition) is 0. The molecular weight excluding hydrogens is 267 g/mol. The summed E-state index contributed by atoms with van der Waals surface area (Å²) in [5.41, 5.74) is -0.981. The van der Waals surface area contributed by atoms with Crippen molar-refractivity contribution in [3.63, 3.8) is 0 Å². The maximum absolute atomic E-state index is 12.9. The van der Waals surface area contributed by atoms with Crippen LogP contribution in [0.25, 0.3) is 0 Å². The molecule has 110 valence electrons. The summed E-state index contributed by atoms with van der Waals surface area (Å²) >= 11 is 0. The van der Waals surface area contributed by atoms with Gasteiger partial charge in [0, 0.05) is 23.9 Å². The van der Waals surface area contributed by atoms with Gasteiger partial charge in [-0.25, -0.2) is 0 Å². The van der Waals surface area contributed by atoms with Crippen molar-refractivity contribution in [2.45, 2.75) is 45.7 Å². The van der Waals surface area contributed by atoms with Crippen molar-refractivity contribution >= 4 is 5.78 Å². The van der Waals surface area contributed by atoms with Crippen molar-refractivity contribution in [1.82, 2.24) is 4.98 Å². The van der Waals surface area contributed by atoms with E-state index in [9.17, 15) is 18.0 Å². The number of pyridine rings is 1. The SMILES string of the molecule is CC1(C)CCC(C(=O)c2cnccc2C(F)(F)F)CC1. The number of aromatic nitrogens is 1. The monoisotopic (exact) mass is 285 g/mol. The highest BCUT2D eigenvalue weighted by Crippen LogP contribution is 2.40. The van der Waals surface area contributed by atoms with Crippen LogP contribution in [-0.2, 0) is 6.18 Å². The molecule has 20 heavy (non-hydrogen) atoms. The molecule has 0 spiro atoms. The third-order valence-electron chi connectivity index (χ3n) is 4.10. The molecule has 1 aliphatic rings. The lowest BCUT2D eigenvalue weighted by atomic mass is 9.71. The van der Waals surface area contributed by atoms with Crippen LogP contribution in [0, 0.1) is 11.3 Å². The zero-order chi connectivity index (χ0) is 15.0. The van der Waals surface area contributed by atoms with Gasteiger partial charge in [-0.15, -0.1) is 0 Å². The fourth-order valence-electron chi connectivity index (χ4n) is 2.72. The van der Waals surface area contributed by atoms with E-state index < -0.39 is 17.5 Å². The number of halogens is 3. The van der Waals surface area contributed by atoms with Crippen molar-refractivity contribution in [1.29, 1.82) is 0 Å². The van der Waals surface area contributed by atoms with E-state index in [-0.39, 0.29) is 16.9 Å². The molecule has 0 N–H and O–H groups in total. The summed E-state index contributed by atoms with van der Waals surface area (Å²) in [5.74, 6) is -0.728. The second kappa shape index (κ2) is 5.19. The molecule has 0 radical (unpaired) electrons. The largest absolute Gasteiger partial charge is 0.417 e. The van der Waals surface area contributed by atoms with Gasteiger partial charge in [-0.2, -0.15) is 13.2 Å². The molecule has 1 fully saturated rings. The molecule has 0 saturated heterocycles. The molecule has 2 rings (SSSR count). The van der Waals surface area contributed by atoms with Crippen LogP contribution in [0.2, 0.25) is 0 Å². The van der Waals surface area contributed by atoms with E-state index in [1.807, 2.05) is 0 Å². The van der Waals surface area contributed by atoms with Gasteiger partial charge in [0.1, 0.15) is 0 Å². The second-order valence-electron chi connectivity index (χ2n) is 6.22. The van der Waals surface area contributed by atoms with Crippen LogP contribution < -0.4 is 0 Å². The molecule has 1 aliphatic carbocycles. The summed E-state index contributed by atoms with van der Waals surface area (Å²) in [4.78, 5) is 16.0. The van der Waals surface area contributed by atoms with Crippen LogP contribution in [0.1, 0.15) is 55.5 Å². The molecule has 1 saturated carbocycles. The molecule has 1 aromatic heterocycles. The van der Waals surface area contributed by atoms with E-state index in [4.69, 9.17) is 0 Å². The first-order chi connectivity index (χ1) is 9.21. The van der Waals surface area contributed by atoms with Gasteiger partial charge in [0.2, 0.25) is 0 Å². The fraction of sp³-hybridized carbons (Fsp3) is 0.600. The van der Waals surface area contributed by atoms with Gasteiger partial charge >= 0.3 is 6.18 Å². The molecule has 2 nitrogen and oxygen atoms in total. The highest BCUT2D eigenvalue weighted by atomic mass is 19.4. The zero-order valence-corrected chi connectivity index (χ0v) is 11.6. The summed E-state index contributed by atoms with van der Waals surface area (Å²) in [6.07, 6.45) is 0.641. The average molecular weight is 285 g/mol. The quantitative estimate of drug-likeness (QED) is 0.749. The van der Waals surface area contributed by atoms with Crippen molar-refractivity contribution < 1.29 is 18.0 Å². The molecule has 0 bridgehead atoms. The van der Waals surface area contributed by atoms with E-state index >= 15 is 0 Å². The summed E-state index contributed by atoms with van der Waals surface area (Å²) in [5, 5.41) is 0. The molecule has 0 atom stereocenters. The number of Topliss-reactive ketones (excluding diaryl/α,β-unsaturated/α-hetero) is 1. The smallest absolute Gasteiger partial charge is 0.294 e. The molecule has 0 unspecified atom stereocenters. The van der Waals surface area contributed by atoms with Gasteiger partial charge in [0.15, 0.2) is 5.78 Å². The summed E-state index contributed by atoms with van der Waals surface area (Å²) in [7, 11) is 0. The Balaban J connectivity index is 2.23. The standard InChI is InChI=1S/C15H18F3NO/c1-14(2)6-3-10(4-7-14)13(20)11-9-19-8-5-12(11)15(16,17)18/h5,8-10H,3-4,6-7H2,1-2H3. The van der Waals surface area contributed by atoms with Crippen molar-refractivity contribution in [2.75, 3.05) is 0 Å². The Hall–Kier alpha value is -1.39. The Labute approximate surface area is 116 Å². The van der Waals surface area contributed by atoms with Gasteiger partial charge in [0.25, 0.3) is 0 Å². The maximum Gasteiger partial charge on any atom is 0.417 e. The minimum absolute atomic E-state index is 0.179. The van der Waals surface area contributed by atoms with E-state index in [1.54, 1.807) is 0 Å². The molecule has 1 aromatic rings. The minimum atomic E-state index is -4.51. The lowest BCUT2D eigenvalue weighted by Crippen LogP contribution is -2.27. The Morgan fingerprint density at radius 2 is 1.90 bits per heavy atom. The number of carbonyl (C=O) groups is 1. The van der Waals surface area contributed by atoms with Crippen molar-refractivity contribution in [3.8, 4) is 0 Å². The first kappa shape index (κ1) is 15.0. The number of alkyl halides is 3. The first-order valence-corrected chi connectivity index (χ1v) is 6.76. The van der Waals surface area contributed by atoms with Crippen LogP contribution in [0.15, 0.2) is 18.5 Å². The number of carbonyl (C=O) groups excluding carboxylic acids is 1. The van der Waals surface area contributed by atoms with Gasteiger partial charge in [-0.1, -0.05) is 13.8 Å². The van der Waals surface area contributed by atoms with E-state index in [0.717, 1.165) is 31.3 Å². The van der Waals surface area contributed by atoms with Crippen LogP contribution in [0.5, 0.6) is 0 Å². The third-order valence-corrected chi connectivity index (χ3v) is 4.10. The van der Waals surface area contributed by atoms with Crippen LogP contribution in [-0.4, -0.2) is 10.8 Å². The molecule has 5 heteroatoms. The topological polar surface area (TPSA) is 30.0 Å². The summed E-state index contributed by atoms with van der Waals surface area (Å²) in [6.45, 7) is 4.25. The third kappa shape index (κ3) is 3.19. The highest BCUT2D eigenvalue weighted by molar-refractivity contribution is 5.99. The Kier molecular flexibility index (Phi) is 3.89. The predicted molar refractivity (Wildman–Crippen MR) is 69.3 cm³/mol. The van der Waals surface area contributed by atoms with Crippen LogP contribution >= 0.6 is 0 Å². The molecule has 0 aliphatic heterocycles. The number of ketones is 1. The first-order valence-electron chi connectivity index (χ1n) is 6.76. The molecule has 0 aromatic carbocycles. The minimum Gasteiger partial charge on any atom is -0.294 e. The summed E-state index contributed by atoms with van der Waals surface area (Å²) < 4.78 is 38.8. The van der Waals surface area contributed by atoms with Gasteiger partial charge < -0.3 is 0 Å². The summed E-state index contributed by atoms with van der Waals surface area (Å²) in [6, 6.07) is 0.875. The van der Waals surface area contributed by atoms with E-state index in [2.05, 4.69) is 18.8 Å². The Morgan fingerprint density at radius 1 is 1.30 bits per heavy atom. The molecule has 1 heterocycles. The average Bonchev–Trinajstić information content (AvgIpc) is 2.37. The number of rotatable bonds is 2. The highest BCUT2D eigenvalue weighted by Gasteiger charge is 2.38. The van der Waals surface area contributed by atoms with Crippen molar-refractivity contribution in [2.24, 2.45) is 11.3 Å². The van der Waals surface area contributed by atoms with E-state index in [1.165, 1.54) is 0 Å². The van der Waals surface area contributed by atoms with E-state index in [0.29, 0.717) is 12.8 Å².